The van der Waals surface area contributed by atoms with Crippen LogP contribution in [0.4, 0.5) is 11.4 Å². The number of hydrogen-bond donors (Lipinski definition) is 1. The fraction of sp³-hybridized carbons (Fsp3) is 0.538. The Kier molecular flexibility index (Phi) is 4.27. The normalized spacial score (nSPS) is 24.2. The zero-order chi connectivity index (χ0) is 14.0. The summed E-state index contributed by atoms with van der Waals surface area (Å²) in [5.41, 5.74) is 0.481. The van der Waals surface area contributed by atoms with Crippen molar-refractivity contribution < 1.29 is 4.92 Å². The molecule has 0 amide bonds. The molecular formula is C13H18ClN3O2. The predicted octanol–water partition coefficient (Wildman–Crippen LogP) is 3.14. The van der Waals surface area contributed by atoms with Crippen LogP contribution < -0.4 is 5.32 Å². The number of nitro benzene ring substituents is 1. The van der Waals surface area contributed by atoms with E-state index in [0.29, 0.717) is 16.8 Å². The summed E-state index contributed by atoms with van der Waals surface area (Å²) in [4.78, 5) is 12.9. The van der Waals surface area contributed by atoms with E-state index >= 15 is 0 Å². The molecule has 104 valence electrons. The molecule has 19 heavy (non-hydrogen) atoms. The number of halogens is 1. The second-order valence-corrected chi connectivity index (χ2v) is 5.49. The molecule has 0 spiro atoms. The van der Waals surface area contributed by atoms with E-state index in [1.165, 1.54) is 6.07 Å². The van der Waals surface area contributed by atoms with Gasteiger partial charge in [-0.05, 0) is 32.9 Å². The Balaban J connectivity index is 2.17. The lowest BCUT2D eigenvalue weighted by molar-refractivity contribution is -0.384. The predicted molar refractivity (Wildman–Crippen MR) is 76.8 cm³/mol. The van der Waals surface area contributed by atoms with Crippen LogP contribution in [-0.4, -0.2) is 35.5 Å². The first kappa shape index (κ1) is 14.1. The average Bonchev–Trinajstić information content (AvgIpc) is 2.36. The topological polar surface area (TPSA) is 58.4 Å². The Morgan fingerprint density at radius 2 is 2.26 bits per heavy atom. The Labute approximate surface area is 117 Å². The molecule has 1 aliphatic rings. The van der Waals surface area contributed by atoms with Crippen molar-refractivity contribution in [2.45, 2.75) is 31.8 Å². The summed E-state index contributed by atoms with van der Waals surface area (Å²) in [5, 5.41) is 14.7. The summed E-state index contributed by atoms with van der Waals surface area (Å²) in [7, 11) is 2.10. The van der Waals surface area contributed by atoms with E-state index in [1.54, 1.807) is 12.1 Å². The highest BCUT2D eigenvalue weighted by atomic mass is 35.5. The smallest absolute Gasteiger partial charge is 0.293 e. The van der Waals surface area contributed by atoms with Crippen molar-refractivity contribution in [2.24, 2.45) is 0 Å². The van der Waals surface area contributed by atoms with Crippen LogP contribution in [-0.2, 0) is 0 Å². The molecule has 1 aromatic carbocycles. The molecule has 1 N–H and O–H groups in total. The van der Waals surface area contributed by atoms with Crippen LogP contribution in [0.3, 0.4) is 0 Å². The van der Waals surface area contributed by atoms with Crippen LogP contribution in [0, 0.1) is 10.1 Å². The molecule has 1 fully saturated rings. The van der Waals surface area contributed by atoms with E-state index in [1.807, 2.05) is 0 Å². The third-order valence-corrected chi connectivity index (χ3v) is 4.06. The molecule has 0 saturated carbocycles. The average molecular weight is 284 g/mol. The van der Waals surface area contributed by atoms with Crippen molar-refractivity contribution in [2.75, 3.05) is 18.9 Å². The number of rotatable bonds is 3. The summed E-state index contributed by atoms with van der Waals surface area (Å²) >= 11 is 6.08. The number of nitro groups is 1. The van der Waals surface area contributed by atoms with Gasteiger partial charge in [-0.1, -0.05) is 17.7 Å². The van der Waals surface area contributed by atoms with Crippen molar-refractivity contribution in [3.63, 3.8) is 0 Å². The van der Waals surface area contributed by atoms with E-state index in [-0.39, 0.29) is 11.7 Å². The van der Waals surface area contributed by atoms with Crippen LogP contribution in [0.2, 0.25) is 5.02 Å². The standard InChI is InChI=1S/C13H18ClN3O2/c1-9-8-10(6-7-16(9)2)15-13-11(14)4-3-5-12(13)17(18)19/h3-5,9-10,15H,6-8H2,1-2H3. The van der Waals surface area contributed by atoms with Gasteiger partial charge in [0.15, 0.2) is 0 Å². The van der Waals surface area contributed by atoms with E-state index < -0.39 is 4.92 Å². The minimum Gasteiger partial charge on any atom is -0.375 e. The number of hydrogen-bond acceptors (Lipinski definition) is 4. The first-order valence-corrected chi connectivity index (χ1v) is 6.76. The lowest BCUT2D eigenvalue weighted by Gasteiger charge is -2.35. The van der Waals surface area contributed by atoms with Crippen molar-refractivity contribution >= 4 is 23.0 Å². The molecule has 1 aliphatic heterocycles. The fourth-order valence-corrected chi connectivity index (χ4v) is 2.66. The number of nitrogens with one attached hydrogen (secondary N) is 1. The van der Waals surface area contributed by atoms with Crippen LogP contribution in [0.5, 0.6) is 0 Å². The largest absolute Gasteiger partial charge is 0.375 e. The highest BCUT2D eigenvalue weighted by Gasteiger charge is 2.25. The molecule has 1 saturated heterocycles. The molecule has 6 heteroatoms. The Hall–Kier alpha value is -1.33. The molecule has 0 aliphatic carbocycles. The van der Waals surface area contributed by atoms with Crippen molar-refractivity contribution in [3.05, 3.63) is 33.3 Å². The second-order valence-electron chi connectivity index (χ2n) is 5.09. The van der Waals surface area contributed by atoms with Gasteiger partial charge in [-0.2, -0.15) is 0 Å². The molecule has 1 aromatic rings. The van der Waals surface area contributed by atoms with E-state index in [4.69, 9.17) is 11.6 Å². The van der Waals surface area contributed by atoms with Crippen LogP contribution in [0.1, 0.15) is 19.8 Å². The van der Waals surface area contributed by atoms with Gasteiger partial charge in [0.1, 0.15) is 5.69 Å². The molecule has 0 bridgehead atoms. The van der Waals surface area contributed by atoms with Gasteiger partial charge >= 0.3 is 0 Å². The minimum atomic E-state index is -0.396. The first-order valence-electron chi connectivity index (χ1n) is 6.38. The van der Waals surface area contributed by atoms with E-state index in [9.17, 15) is 10.1 Å². The van der Waals surface area contributed by atoms with Gasteiger partial charge in [-0.3, -0.25) is 10.1 Å². The lowest BCUT2D eigenvalue weighted by atomic mass is 9.98. The number of nitrogens with zero attached hydrogens (tertiary/aromatic N) is 2. The molecule has 2 rings (SSSR count). The number of likely N-dealkylation sites (tertiary alicyclic amines) is 1. The molecule has 2 atom stereocenters. The Morgan fingerprint density at radius 1 is 1.53 bits per heavy atom. The Bertz CT molecular complexity index is 481. The van der Waals surface area contributed by atoms with Crippen LogP contribution in [0.25, 0.3) is 0 Å². The van der Waals surface area contributed by atoms with E-state index in [0.717, 1.165) is 19.4 Å². The number of benzene rings is 1. The van der Waals surface area contributed by atoms with Crippen molar-refractivity contribution in [1.29, 1.82) is 0 Å². The van der Waals surface area contributed by atoms with E-state index in [2.05, 4.69) is 24.2 Å². The van der Waals surface area contributed by atoms with Gasteiger partial charge in [0.05, 0.1) is 9.95 Å². The van der Waals surface area contributed by atoms with Gasteiger partial charge in [0.2, 0.25) is 0 Å². The maximum Gasteiger partial charge on any atom is 0.293 e. The van der Waals surface area contributed by atoms with Gasteiger partial charge in [-0.25, -0.2) is 0 Å². The van der Waals surface area contributed by atoms with Crippen LogP contribution in [0.15, 0.2) is 18.2 Å². The molecule has 0 radical (unpaired) electrons. The third kappa shape index (κ3) is 3.16. The third-order valence-electron chi connectivity index (χ3n) is 3.75. The van der Waals surface area contributed by atoms with Crippen molar-refractivity contribution in [3.8, 4) is 0 Å². The first-order chi connectivity index (χ1) is 8.99. The molecule has 1 heterocycles. The molecule has 2 unspecified atom stereocenters. The molecular weight excluding hydrogens is 266 g/mol. The van der Waals surface area contributed by atoms with Gasteiger partial charge in [0, 0.05) is 24.7 Å². The van der Waals surface area contributed by atoms with Gasteiger partial charge < -0.3 is 10.2 Å². The highest BCUT2D eigenvalue weighted by molar-refractivity contribution is 6.33. The number of piperidine rings is 1. The maximum atomic E-state index is 11.0. The summed E-state index contributed by atoms with van der Waals surface area (Å²) < 4.78 is 0. The summed E-state index contributed by atoms with van der Waals surface area (Å²) in [6.07, 6.45) is 1.92. The molecule has 5 nitrogen and oxygen atoms in total. The fourth-order valence-electron chi connectivity index (χ4n) is 2.43. The Morgan fingerprint density at radius 3 is 2.89 bits per heavy atom. The zero-order valence-corrected chi connectivity index (χ0v) is 11.9. The monoisotopic (exact) mass is 283 g/mol. The minimum absolute atomic E-state index is 0.0408. The quantitative estimate of drug-likeness (QED) is 0.684. The maximum absolute atomic E-state index is 11.0. The zero-order valence-electron chi connectivity index (χ0n) is 11.1. The van der Waals surface area contributed by atoms with Gasteiger partial charge in [-0.15, -0.1) is 0 Å². The number of anilines is 1. The second kappa shape index (κ2) is 5.75. The van der Waals surface area contributed by atoms with Gasteiger partial charge in [0.25, 0.3) is 5.69 Å². The van der Waals surface area contributed by atoms with Crippen LogP contribution >= 0.6 is 11.6 Å². The SMILES string of the molecule is CC1CC(Nc2c(Cl)cccc2[N+](=O)[O-])CCN1C. The lowest BCUT2D eigenvalue weighted by Crippen LogP contribution is -2.42. The summed E-state index contributed by atoms with van der Waals surface area (Å²) in [6.45, 7) is 3.14. The summed E-state index contributed by atoms with van der Waals surface area (Å²) in [6, 6.07) is 5.45. The molecule has 0 aromatic heterocycles. The highest BCUT2D eigenvalue weighted by Crippen LogP contribution is 2.33. The number of para-hydroxylation sites is 1. The van der Waals surface area contributed by atoms with Crippen molar-refractivity contribution in [1.82, 2.24) is 4.90 Å². The summed E-state index contributed by atoms with van der Waals surface area (Å²) in [5.74, 6) is 0.